The molecule has 0 aliphatic carbocycles. The first-order valence-corrected chi connectivity index (χ1v) is 5.31. The maximum Gasteiger partial charge on any atom is 0.309 e. The minimum Gasteiger partial charge on any atom is -0.481 e. The van der Waals surface area contributed by atoms with Crippen LogP contribution in [-0.4, -0.2) is 22.0 Å². The standard InChI is InChI=1S/C12H16N2O3/c1-12(2,11(16)17)6-10(15)14-8-9-4-3-5-13-7-9/h3-5,7H,6,8H2,1-2H3,(H,14,15)(H,16,17). The number of carboxylic acids is 1. The first-order valence-electron chi connectivity index (χ1n) is 5.31. The van der Waals surface area contributed by atoms with Crippen molar-refractivity contribution in [3.05, 3.63) is 30.1 Å². The highest BCUT2D eigenvalue weighted by atomic mass is 16.4. The first-order chi connectivity index (χ1) is 7.92. The van der Waals surface area contributed by atoms with E-state index >= 15 is 0 Å². The Hall–Kier alpha value is -1.91. The van der Waals surface area contributed by atoms with Crippen molar-refractivity contribution in [2.75, 3.05) is 0 Å². The zero-order valence-electron chi connectivity index (χ0n) is 9.93. The van der Waals surface area contributed by atoms with Crippen molar-refractivity contribution in [2.24, 2.45) is 5.41 Å². The van der Waals surface area contributed by atoms with E-state index in [0.29, 0.717) is 6.54 Å². The number of aromatic nitrogens is 1. The number of pyridine rings is 1. The van der Waals surface area contributed by atoms with E-state index in [1.165, 1.54) is 13.8 Å². The lowest BCUT2D eigenvalue weighted by Gasteiger charge is -2.18. The molecule has 0 aliphatic rings. The molecule has 0 radical (unpaired) electrons. The molecule has 1 rings (SSSR count). The number of carbonyl (C=O) groups excluding carboxylic acids is 1. The first kappa shape index (κ1) is 13.2. The van der Waals surface area contributed by atoms with E-state index in [1.54, 1.807) is 18.5 Å². The number of rotatable bonds is 5. The highest BCUT2D eigenvalue weighted by Crippen LogP contribution is 2.19. The van der Waals surface area contributed by atoms with Gasteiger partial charge in [0, 0.05) is 25.4 Å². The number of amides is 1. The van der Waals surface area contributed by atoms with Gasteiger partial charge in [0.05, 0.1) is 5.41 Å². The number of hydrogen-bond acceptors (Lipinski definition) is 3. The molecule has 0 spiro atoms. The van der Waals surface area contributed by atoms with Gasteiger partial charge in [-0.3, -0.25) is 14.6 Å². The van der Waals surface area contributed by atoms with Crippen LogP contribution in [0.25, 0.3) is 0 Å². The summed E-state index contributed by atoms with van der Waals surface area (Å²) in [6.45, 7) is 3.42. The van der Waals surface area contributed by atoms with E-state index in [9.17, 15) is 9.59 Å². The average molecular weight is 236 g/mol. The molecule has 17 heavy (non-hydrogen) atoms. The second kappa shape index (κ2) is 5.43. The molecule has 0 aromatic carbocycles. The van der Waals surface area contributed by atoms with E-state index < -0.39 is 11.4 Å². The molecule has 0 saturated carbocycles. The van der Waals surface area contributed by atoms with E-state index in [-0.39, 0.29) is 12.3 Å². The molecular weight excluding hydrogens is 220 g/mol. The fourth-order valence-electron chi connectivity index (χ4n) is 1.24. The van der Waals surface area contributed by atoms with Crippen LogP contribution in [-0.2, 0) is 16.1 Å². The molecule has 5 nitrogen and oxygen atoms in total. The van der Waals surface area contributed by atoms with Crippen molar-refractivity contribution in [1.29, 1.82) is 0 Å². The molecule has 92 valence electrons. The van der Waals surface area contributed by atoms with Crippen molar-refractivity contribution in [1.82, 2.24) is 10.3 Å². The topological polar surface area (TPSA) is 79.3 Å². The molecule has 5 heteroatoms. The third-order valence-corrected chi connectivity index (χ3v) is 2.39. The van der Waals surface area contributed by atoms with Gasteiger partial charge in [-0.1, -0.05) is 6.07 Å². The summed E-state index contributed by atoms with van der Waals surface area (Å²) in [5.74, 6) is -1.25. The number of nitrogens with zero attached hydrogens (tertiary/aromatic N) is 1. The van der Waals surface area contributed by atoms with Gasteiger partial charge in [0.2, 0.25) is 5.91 Å². The summed E-state index contributed by atoms with van der Waals surface area (Å²) in [6.07, 6.45) is 3.27. The van der Waals surface area contributed by atoms with Crippen LogP contribution < -0.4 is 5.32 Å². The van der Waals surface area contributed by atoms with Crippen LogP contribution in [0.4, 0.5) is 0 Å². The second-order valence-electron chi connectivity index (χ2n) is 4.50. The van der Waals surface area contributed by atoms with Gasteiger partial charge in [-0.2, -0.15) is 0 Å². The van der Waals surface area contributed by atoms with Crippen LogP contribution in [0.2, 0.25) is 0 Å². The van der Waals surface area contributed by atoms with Gasteiger partial charge in [-0.25, -0.2) is 0 Å². The molecule has 0 unspecified atom stereocenters. The lowest BCUT2D eigenvalue weighted by Crippen LogP contribution is -2.33. The number of nitrogens with one attached hydrogen (secondary N) is 1. The third kappa shape index (κ3) is 4.22. The maximum absolute atomic E-state index is 11.5. The molecule has 1 heterocycles. The van der Waals surface area contributed by atoms with Gasteiger partial charge in [-0.15, -0.1) is 0 Å². The van der Waals surface area contributed by atoms with Crippen molar-refractivity contribution in [3.8, 4) is 0 Å². The summed E-state index contributed by atoms with van der Waals surface area (Å²) in [5.41, 5.74) is -0.159. The monoisotopic (exact) mass is 236 g/mol. The number of carboxylic acid groups (broad SMARTS) is 1. The highest BCUT2D eigenvalue weighted by Gasteiger charge is 2.29. The zero-order chi connectivity index (χ0) is 12.9. The van der Waals surface area contributed by atoms with Gasteiger partial charge in [0.25, 0.3) is 0 Å². The Morgan fingerprint density at radius 3 is 2.71 bits per heavy atom. The second-order valence-corrected chi connectivity index (χ2v) is 4.50. The van der Waals surface area contributed by atoms with Crippen molar-refractivity contribution < 1.29 is 14.7 Å². The van der Waals surface area contributed by atoms with Gasteiger partial charge >= 0.3 is 5.97 Å². The molecular formula is C12H16N2O3. The normalized spacial score (nSPS) is 10.9. The quantitative estimate of drug-likeness (QED) is 0.805. The minimum absolute atomic E-state index is 0.0391. The van der Waals surface area contributed by atoms with E-state index in [2.05, 4.69) is 10.3 Å². The van der Waals surface area contributed by atoms with Gasteiger partial charge < -0.3 is 10.4 Å². The van der Waals surface area contributed by atoms with Crippen molar-refractivity contribution in [3.63, 3.8) is 0 Å². The maximum atomic E-state index is 11.5. The van der Waals surface area contributed by atoms with Crippen LogP contribution in [0.3, 0.4) is 0 Å². The fourth-order valence-corrected chi connectivity index (χ4v) is 1.24. The largest absolute Gasteiger partial charge is 0.481 e. The Balaban J connectivity index is 2.44. The van der Waals surface area contributed by atoms with Gasteiger partial charge in [0.15, 0.2) is 0 Å². The molecule has 2 N–H and O–H groups in total. The summed E-state index contributed by atoms with van der Waals surface area (Å²) in [6, 6.07) is 3.62. The summed E-state index contributed by atoms with van der Waals surface area (Å²) in [4.78, 5) is 26.3. The molecule has 1 aromatic rings. The van der Waals surface area contributed by atoms with Gasteiger partial charge in [0.1, 0.15) is 0 Å². The Bertz CT molecular complexity index is 401. The Morgan fingerprint density at radius 2 is 2.18 bits per heavy atom. The Kier molecular flexibility index (Phi) is 4.20. The molecule has 0 fully saturated rings. The molecule has 1 aromatic heterocycles. The minimum atomic E-state index is -1.04. The van der Waals surface area contributed by atoms with Crippen LogP contribution in [0.5, 0.6) is 0 Å². The van der Waals surface area contributed by atoms with Crippen LogP contribution in [0.15, 0.2) is 24.5 Å². The predicted molar refractivity (Wildman–Crippen MR) is 62.1 cm³/mol. The Morgan fingerprint density at radius 1 is 1.47 bits per heavy atom. The average Bonchev–Trinajstić information content (AvgIpc) is 2.27. The third-order valence-electron chi connectivity index (χ3n) is 2.39. The molecule has 0 saturated heterocycles. The lowest BCUT2D eigenvalue weighted by atomic mass is 9.89. The summed E-state index contributed by atoms with van der Waals surface area (Å²) in [7, 11) is 0. The number of hydrogen-bond donors (Lipinski definition) is 2. The number of aliphatic carboxylic acids is 1. The highest BCUT2D eigenvalue weighted by molar-refractivity contribution is 5.84. The van der Waals surface area contributed by atoms with Crippen molar-refractivity contribution >= 4 is 11.9 Å². The Labute approximate surface area is 99.9 Å². The van der Waals surface area contributed by atoms with E-state index in [0.717, 1.165) is 5.56 Å². The smallest absolute Gasteiger partial charge is 0.309 e. The molecule has 0 aliphatic heterocycles. The summed E-state index contributed by atoms with van der Waals surface area (Å²) >= 11 is 0. The van der Waals surface area contributed by atoms with Crippen LogP contribution in [0.1, 0.15) is 25.8 Å². The summed E-state index contributed by atoms with van der Waals surface area (Å²) < 4.78 is 0. The fraction of sp³-hybridized carbons (Fsp3) is 0.417. The van der Waals surface area contributed by atoms with Crippen molar-refractivity contribution in [2.45, 2.75) is 26.8 Å². The van der Waals surface area contributed by atoms with Crippen LogP contribution >= 0.6 is 0 Å². The number of carbonyl (C=O) groups is 2. The summed E-state index contributed by atoms with van der Waals surface area (Å²) in [5, 5.41) is 11.6. The van der Waals surface area contributed by atoms with E-state index in [1.807, 2.05) is 6.07 Å². The zero-order valence-corrected chi connectivity index (χ0v) is 9.93. The van der Waals surface area contributed by atoms with Crippen LogP contribution in [0, 0.1) is 5.41 Å². The predicted octanol–water partition coefficient (Wildman–Crippen LogP) is 1.20. The lowest BCUT2D eigenvalue weighted by molar-refractivity contribution is -0.149. The molecule has 0 atom stereocenters. The molecule has 1 amide bonds. The van der Waals surface area contributed by atoms with E-state index in [4.69, 9.17) is 5.11 Å². The van der Waals surface area contributed by atoms with Gasteiger partial charge in [-0.05, 0) is 25.5 Å². The molecule has 0 bridgehead atoms. The SMILES string of the molecule is CC(C)(CC(=O)NCc1cccnc1)C(=O)O.